The number of piperidine rings is 1. The summed E-state index contributed by atoms with van der Waals surface area (Å²) in [6, 6.07) is 6.76. The third-order valence-corrected chi connectivity index (χ3v) is 7.36. The van der Waals surface area contributed by atoms with Crippen molar-refractivity contribution in [1.82, 2.24) is 4.98 Å². The van der Waals surface area contributed by atoms with E-state index in [1.54, 1.807) is 0 Å². The fourth-order valence-corrected chi connectivity index (χ4v) is 5.48. The van der Waals surface area contributed by atoms with E-state index in [1.165, 1.54) is 17.5 Å². The summed E-state index contributed by atoms with van der Waals surface area (Å²) in [6.07, 6.45) is 4.49. The molecule has 5 nitrogen and oxygen atoms in total. The minimum absolute atomic E-state index is 0.287. The third kappa shape index (κ3) is 5.00. The second-order valence-electron chi connectivity index (χ2n) is 11.9. The first-order chi connectivity index (χ1) is 15.9. The van der Waals surface area contributed by atoms with Crippen LogP contribution in [0.25, 0.3) is 11.1 Å². The number of nitrogens with zero attached hydrogens (tertiary/aromatic N) is 2. The SMILES string of the molecule is Cc1nc(C)c([C@H](OC(C)(C)C)C(=O)O)c(N2CCC(C)(C)CC2)c1-c1ccc2c(c1)CCC2. The van der Waals surface area contributed by atoms with E-state index in [0.717, 1.165) is 67.0 Å². The number of benzene rings is 1. The summed E-state index contributed by atoms with van der Waals surface area (Å²) in [5, 5.41) is 10.3. The van der Waals surface area contributed by atoms with Gasteiger partial charge in [0.05, 0.1) is 11.3 Å². The Morgan fingerprint density at radius 1 is 1.09 bits per heavy atom. The van der Waals surface area contributed by atoms with Gasteiger partial charge in [-0.1, -0.05) is 32.0 Å². The van der Waals surface area contributed by atoms with Crippen LogP contribution in [0, 0.1) is 19.3 Å². The zero-order valence-corrected chi connectivity index (χ0v) is 21.9. The van der Waals surface area contributed by atoms with Gasteiger partial charge in [-0.05, 0) is 88.8 Å². The Balaban J connectivity index is 1.95. The molecule has 1 N–H and O–H groups in total. The molecule has 0 spiro atoms. The molecule has 1 fully saturated rings. The number of aliphatic carboxylic acids is 1. The number of fused-ring (bicyclic) bond motifs is 1. The van der Waals surface area contributed by atoms with Crippen molar-refractivity contribution in [2.45, 2.75) is 92.3 Å². The van der Waals surface area contributed by atoms with Crippen LogP contribution in [0.3, 0.4) is 0 Å². The van der Waals surface area contributed by atoms with Crippen molar-refractivity contribution in [3.63, 3.8) is 0 Å². The van der Waals surface area contributed by atoms with Gasteiger partial charge in [-0.2, -0.15) is 0 Å². The number of carboxylic acids is 1. The van der Waals surface area contributed by atoms with Gasteiger partial charge in [0, 0.05) is 35.6 Å². The summed E-state index contributed by atoms with van der Waals surface area (Å²) in [7, 11) is 0. The Morgan fingerprint density at radius 2 is 1.74 bits per heavy atom. The standard InChI is InChI=1S/C29H40N2O3/c1-18-23(22-12-11-20-9-8-10-21(20)17-22)25(31-15-13-29(6,7)14-16-31)24(19(2)30-18)26(27(32)33)34-28(3,4)5/h11-12,17,26H,8-10,13-16H2,1-7H3,(H,32,33)/t26-/m0/s1. The number of carbonyl (C=O) groups is 1. The van der Waals surface area contributed by atoms with Crippen molar-refractivity contribution in [1.29, 1.82) is 0 Å². The van der Waals surface area contributed by atoms with Crippen molar-refractivity contribution >= 4 is 11.7 Å². The van der Waals surface area contributed by atoms with Crippen LogP contribution in [0.1, 0.15) is 88.1 Å². The monoisotopic (exact) mass is 464 g/mol. The van der Waals surface area contributed by atoms with Crippen LogP contribution in [0.2, 0.25) is 0 Å². The van der Waals surface area contributed by atoms with Crippen LogP contribution >= 0.6 is 0 Å². The molecule has 1 aromatic heterocycles. The van der Waals surface area contributed by atoms with Crippen LogP contribution in [-0.2, 0) is 22.4 Å². The van der Waals surface area contributed by atoms with Gasteiger partial charge in [0.15, 0.2) is 6.10 Å². The number of carboxylic acid groups (broad SMARTS) is 1. The highest BCUT2D eigenvalue weighted by Gasteiger charge is 2.36. The van der Waals surface area contributed by atoms with E-state index in [-0.39, 0.29) is 5.41 Å². The van der Waals surface area contributed by atoms with E-state index in [2.05, 4.69) is 43.9 Å². The Morgan fingerprint density at radius 3 is 2.35 bits per heavy atom. The molecular formula is C29H40N2O3. The summed E-state index contributed by atoms with van der Waals surface area (Å²) < 4.78 is 6.18. The topological polar surface area (TPSA) is 62.7 Å². The number of hydrogen-bond donors (Lipinski definition) is 1. The van der Waals surface area contributed by atoms with Gasteiger partial charge in [-0.3, -0.25) is 4.98 Å². The largest absolute Gasteiger partial charge is 0.479 e. The normalized spacial score (nSPS) is 18.6. The second kappa shape index (κ2) is 8.99. The molecule has 0 amide bonds. The van der Waals surface area contributed by atoms with Crippen molar-refractivity contribution in [2.75, 3.05) is 18.0 Å². The summed E-state index contributed by atoms with van der Waals surface area (Å²) in [6.45, 7) is 16.1. The first kappa shape index (κ1) is 24.7. The van der Waals surface area contributed by atoms with Crippen molar-refractivity contribution in [3.8, 4) is 11.1 Å². The number of ether oxygens (including phenoxy) is 1. The number of aromatic nitrogens is 1. The van der Waals surface area contributed by atoms with Gasteiger partial charge in [-0.25, -0.2) is 4.79 Å². The molecule has 1 aliphatic carbocycles. The molecule has 184 valence electrons. The van der Waals surface area contributed by atoms with Crippen molar-refractivity contribution < 1.29 is 14.6 Å². The molecule has 1 aliphatic heterocycles. The van der Waals surface area contributed by atoms with E-state index in [4.69, 9.17) is 9.72 Å². The van der Waals surface area contributed by atoms with Crippen LogP contribution in [-0.4, -0.2) is 34.8 Å². The van der Waals surface area contributed by atoms with E-state index >= 15 is 0 Å². The molecular weight excluding hydrogens is 424 g/mol. The molecule has 2 aromatic rings. The highest BCUT2D eigenvalue weighted by Crippen LogP contribution is 2.45. The first-order valence-corrected chi connectivity index (χ1v) is 12.7. The number of pyridine rings is 1. The fraction of sp³-hybridized carbons (Fsp3) is 0.586. The van der Waals surface area contributed by atoms with Gasteiger partial charge >= 0.3 is 5.97 Å². The van der Waals surface area contributed by atoms with Gasteiger partial charge in [-0.15, -0.1) is 0 Å². The highest BCUT2D eigenvalue weighted by molar-refractivity contribution is 5.88. The molecule has 1 atom stereocenters. The maximum absolute atomic E-state index is 12.6. The lowest BCUT2D eigenvalue weighted by molar-refractivity contribution is -0.160. The van der Waals surface area contributed by atoms with Crippen molar-refractivity contribution in [3.05, 3.63) is 46.3 Å². The number of anilines is 1. The first-order valence-electron chi connectivity index (χ1n) is 12.7. The minimum atomic E-state index is -1.08. The molecule has 2 heterocycles. The number of aryl methyl sites for hydroxylation is 4. The highest BCUT2D eigenvalue weighted by atomic mass is 16.5. The van der Waals surface area contributed by atoms with E-state index < -0.39 is 17.7 Å². The smallest absolute Gasteiger partial charge is 0.337 e. The predicted molar refractivity (Wildman–Crippen MR) is 138 cm³/mol. The molecule has 0 radical (unpaired) electrons. The van der Waals surface area contributed by atoms with Gasteiger partial charge in [0.1, 0.15) is 0 Å². The average molecular weight is 465 g/mol. The van der Waals surface area contributed by atoms with Gasteiger partial charge in [0.25, 0.3) is 0 Å². The Bertz CT molecular complexity index is 1090. The lowest BCUT2D eigenvalue weighted by Gasteiger charge is -2.41. The molecule has 34 heavy (non-hydrogen) atoms. The van der Waals surface area contributed by atoms with Crippen molar-refractivity contribution in [2.24, 2.45) is 5.41 Å². The Kier molecular flexibility index (Phi) is 6.54. The molecule has 1 aromatic carbocycles. The Labute approximate surface area is 204 Å². The summed E-state index contributed by atoms with van der Waals surface area (Å²) in [5.74, 6) is -0.970. The van der Waals surface area contributed by atoms with Crippen LogP contribution < -0.4 is 4.90 Å². The second-order valence-corrected chi connectivity index (χ2v) is 11.9. The average Bonchev–Trinajstić information content (AvgIpc) is 3.19. The fourth-order valence-electron chi connectivity index (χ4n) is 5.48. The lowest BCUT2D eigenvalue weighted by atomic mass is 9.81. The number of hydrogen-bond acceptors (Lipinski definition) is 4. The van der Waals surface area contributed by atoms with Gasteiger partial charge in [0.2, 0.25) is 0 Å². The van der Waals surface area contributed by atoms with E-state index in [0.29, 0.717) is 5.56 Å². The zero-order chi connectivity index (χ0) is 24.8. The molecule has 5 heteroatoms. The summed E-state index contributed by atoms with van der Waals surface area (Å²) >= 11 is 0. The lowest BCUT2D eigenvalue weighted by Crippen LogP contribution is -2.39. The quantitative estimate of drug-likeness (QED) is 0.553. The summed E-state index contributed by atoms with van der Waals surface area (Å²) in [5.41, 5.74) is 8.08. The molecule has 4 rings (SSSR count). The molecule has 2 aliphatic rings. The molecule has 0 bridgehead atoms. The predicted octanol–water partition coefficient (Wildman–Crippen LogP) is 6.42. The minimum Gasteiger partial charge on any atom is -0.479 e. The van der Waals surface area contributed by atoms with Gasteiger partial charge < -0.3 is 14.7 Å². The van der Waals surface area contributed by atoms with Crippen LogP contribution in [0.15, 0.2) is 18.2 Å². The maximum Gasteiger partial charge on any atom is 0.337 e. The molecule has 0 unspecified atom stereocenters. The van der Waals surface area contributed by atoms with Crippen LogP contribution in [0.4, 0.5) is 5.69 Å². The third-order valence-electron chi connectivity index (χ3n) is 7.36. The van der Waals surface area contributed by atoms with E-state index in [1.807, 2.05) is 27.7 Å². The maximum atomic E-state index is 12.6. The Hall–Kier alpha value is -2.40. The number of rotatable bonds is 5. The molecule has 0 saturated carbocycles. The van der Waals surface area contributed by atoms with E-state index in [9.17, 15) is 9.90 Å². The zero-order valence-electron chi connectivity index (χ0n) is 21.9. The van der Waals surface area contributed by atoms with Crippen LogP contribution in [0.5, 0.6) is 0 Å². The summed E-state index contributed by atoms with van der Waals surface area (Å²) in [4.78, 5) is 19.9. The molecule has 1 saturated heterocycles.